The molecule has 0 fully saturated rings. The molecule has 9 nitrogen and oxygen atoms in total. The van der Waals surface area contributed by atoms with Crippen LogP contribution in [-0.2, 0) is 11.4 Å². The molecule has 0 aromatic heterocycles. The summed E-state index contributed by atoms with van der Waals surface area (Å²) in [5.41, 5.74) is 4.21. The molecule has 1 heterocycles. The molecular formula is C25H21BrClN3O6. The van der Waals surface area contributed by atoms with Crippen LogP contribution < -0.4 is 29.7 Å². The van der Waals surface area contributed by atoms with E-state index in [1.54, 1.807) is 36.4 Å². The van der Waals surface area contributed by atoms with Crippen LogP contribution in [-0.4, -0.2) is 38.5 Å². The highest BCUT2D eigenvalue weighted by Gasteiger charge is 2.17. The van der Waals surface area contributed by atoms with E-state index in [-0.39, 0.29) is 19.9 Å². The summed E-state index contributed by atoms with van der Waals surface area (Å²) in [7, 11) is 1.52. The molecular weight excluding hydrogens is 554 g/mol. The zero-order valence-electron chi connectivity index (χ0n) is 19.0. The average Bonchev–Trinajstić information content (AvgIpc) is 3.35. The van der Waals surface area contributed by atoms with Gasteiger partial charge in [0.2, 0.25) is 6.79 Å². The number of nitrogens with one attached hydrogen (secondary N) is 2. The quantitative estimate of drug-likeness (QED) is 0.292. The van der Waals surface area contributed by atoms with E-state index in [1.165, 1.54) is 13.3 Å². The molecule has 0 radical (unpaired) electrons. The van der Waals surface area contributed by atoms with Crippen LogP contribution in [0.2, 0.25) is 5.02 Å². The van der Waals surface area contributed by atoms with Gasteiger partial charge >= 0.3 is 0 Å². The van der Waals surface area contributed by atoms with E-state index in [0.29, 0.717) is 43.6 Å². The van der Waals surface area contributed by atoms with E-state index in [4.69, 9.17) is 30.5 Å². The Labute approximate surface area is 220 Å². The van der Waals surface area contributed by atoms with E-state index >= 15 is 0 Å². The van der Waals surface area contributed by atoms with Gasteiger partial charge in [-0.2, -0.15) is 5.10 Å². The first-order valence-electron chi connectivity index (χ1n) is 10.7. The summed E-state index contributed by atoms with van der Waals surface area (Å²) >= 11 is 9.68. The lowest BCUT2D eigenvalue weighted by Crippen LogP contribution is -2.34. The minimum absolute atomic E-state index is 0.113. The number of ether oxygens (including phenoxy) is 4. The molecule has 2 amide bonds. The van der Waals surface area contributed by atoms with Crippen molar-refractivity contribution in [2.75, 3.05) is 20.4 Å². The van der Waals surface area contributed by atoms with Gasteiger partial charge in [-0.25, -0.2) is 5.43 Å². The number of benzene rings is 3. The van der Waals surface area contributed by atoms with Gasteiger partial charge in [0.25, 0.3) is 11.8 Å². The van der Waals surface area contributed by atoms with Crippen LogP contribution in [0.5, 0.6) is 23.0 Å². The Morgan fingerprint density at radius 1 is 1.14 bits per heavy atom. The van der Waals surface area contributed by atoms with Crippen molar-refractivity contribution in [3.63, 3.8) is 0 Å². The molecule has 0 atom stereocenters. The Hall–Kier alpha value is -3.76. The number of methoxy groups -OCH3 is 1. The normalized spacial score (nSPS) is 11.9. The summed E-state index contributed by atoms with van der Waals surface area (Å²) < 4.78 is 22.5. The van der Waals surface area contributed by atoms with Gasteiger partial charge in [-0.1, -0.05) is 29.8 Å². The van der Waals surface area contributed by atoms with Crippen LogP contribution in [0.15, 0.2) is 64.2 Å². The third-order valence-corrected chi connectivity index (χ3v) is 5.99. The molecule has 0 spiro atoms. The van der Waals surface area contributed by atoms with Gasteiger partial charge in [0.1, 0.15) is 6.61 Å². The number of carbonyl (C=O) groups excluding carboxylic acids is 2. The highest BCUT2D eigenvalue weighted by Crippen LogP contribution is 2.37. The number of halogens is 2. The van der Waals surface area contributed by atoms with Crippen molar-refractivity contribution in [2.45, 2.75) is 6.61 Å². The summed E-state index contributed by atoms with van der Waals surface area (Å²) in [5, 5.41) is 7.08. The molecule has 2 N–H and O–H groups in total. The maximum atomic E-state index is 12.3. The monoisotopic (exact) mass is 573 g/mol. The first-order valence-corrected chi connectivity index (χ1v) is 11.8. The van der Waals surface area contributed by atoms with Gasteiger partial charge in [-0.3, -0.25) is 9.59 Å². The fourth-order valence-corrected chi connectivity index (χ4v) is 4.00. The lowest BCUT2D eigenvalue weighted by Gasteiger charge is -2.14. The van der Waals surface area contributed by atoms with E-state index in [1.807, 2.05) is 18.2 Å². The number of nitrogens with zero attached hydrogens (tertiary/aromatic N) is 1. The first-order chi connectivity index (χ1) is 17.4. The maximum Gasteiger partial charge on any atom is 0.259 e. The van der Waals surface area contributed by atoms with E-state index < -0.39 is 11.8 Å². The van der Waals surface area contributed by atoms with Crippen LogP contribution in [0.4, 0.5) is 0 Å². The average molecular weight is 575 g/mol. The Morgan fingerprint density at radius 3 is 2.75 bits per heavy atom. The van der Waals surface area contributed by atoms with Crippen LogP contribution in [0, 0.1) is 0 Å². The van der Waals surface area contributed by atoms with Crippen molar-refractivity contribution in [1.29, 1.82) is 0 Å². The zero-order chi connectivity index (χ0) is 25.5. The van der Waals surface area contributed by atoms with Crippen molar-refractivity contribution in [2.24, 2.45) is 5.10 Å². The standard InChI is InChI=1S/C25H21BrClN3O6/c1-33-22-9-15(8-18(26)24(22)34-13-17-4-2-3-5-19(17)27)11-29-30-23(31)12-28-25(32)16-6-7-20-21(10-16)36-14-35-20/h2-11H,12-14H2,1H3,(H,28,32)(H,30,31)/b29-11+. The van der Waals surface area contributed by atoms with Crippen LogP contribution in [0.1, 0.15) is 21.5 Å². The van der Waals surface area contributed by atoms with Gasteiger partial charge in [-0.05, 0) is 57.9 Å². The molecule has 186 valence electrons. The Morgan fingerprint density at radius 2 is 1.94 bits per heavy atom. The number of amides is 2. The minimum Gasteiger partial charge on any atom is -0.493 e. The summed E-state index contributed by atoms with van der Waals surface area (Å²) in [4.78, 5) is 24.4. The lowest BCUT2D eigenvalue weighted by molar-refractivity contribution is -0.120. The van der Waals surface area contributed by atoms with E-state index in [9.17, 15) is 9.59 Å². The third kappa shape index (κ3) is 6.27. The topological polar surface area (TPSA) is 107 Å². The maximum absolute atomic E-state index is 12.3. The predicted molar refractivity (Wildman–Crippen MR) is 137 cm³/mol. The van der Waals surface area contributed by atoms with Gasteiger partial charge in [-0.15, -0.1) is 0 Å². The largest absolute Gasteiger partial charge is 0.493 e. The van der Waals surface area contributed by atoms with Gasteiger partial charge in [0, 0.05) is 16.1 Å². The Kier molecular flexibility index (Phi) is 8.29. The Balaban J connectivity index is 1.31. The number of carbonyl (C=O) groups is 2. The molecule has 3 aromatic carbocycles. The summed E-state index contributed by atoms with van der Waals surface area (Å²) in [6.45, 7) is 0.115. The summed E-state index contributed by atoms with van der Waals surface area (Å²) in [6.07, 6.45) is 1.45. The second-order valence-corrected chi connectivity index (χ2v) is 8.72. The number of hydrogen-bond acceptors (Lipinski definition) is 7. The van der Waals surface area contributed by atoms with Crippen LogP contribution in [0.25, 0.3) is 0 Å². The third-order valence-electron chi connectivity index (χ3n) is 5.03. The minimum atomic E-state index is -0.494. The molecule has 0 saturated heterocycles. The second-order valence-electron chi connectivity index (χ2n) is 7.46. The highest BCUT2D eigenvalue weighted by molar-refractivity contribution is 9.10. The molecule has 0 saturated carbocycles. The van der Waals surface area contributed by atoms with Crippen molar-refractivity contribution in [1.82, 2.24) is 10.7 Å². The number of hydrazone groups is 1. The SMILES string of the molecule is COc1cc(/C=N/NC(=O)CNC(=O)c2ccc3c(c2)OCO3)cc(Br)c1OCc1ccccc1Cl. The van der Waals surface area contributed by atoms with Crippen LogP contribution >= 0.6 is 27.5 Å². The van der Waals surface area contributed by atoms with Gasteiger partial charge in [0.05, 0.1) is 24.3 Å². The molecule has 3 aromatic rings. The molecule has 0 unspecified atom stereocenters. The number of rotatable bonds is 9. The van der Waals surface area contributed by atoms with Gasteiger partial charge in [0.15, 0.2) is 23.0 Å². The second kappa shape index (κ2) is 11.8. The molecule has 11 heteroatoms. The molecule has 4 rings (SSSR count). The molecule has 36 heavy (non-hydrogen) atoms. The molecule has 0 aliphatic carbocycles. The Bertz CT molecular complexity index is 1320. The zero-order valence-corrected chi connectivity index (χ0v) is 21.4. The van der Waals surface area contributed by atoms with E-state index in [2.05, 4.69) is 31.8 Å². The van der Waals surface area contributed by atoms with Crippen molar-refractivity contribution < 1.29 is 28.5 Å². The highest BCUT2D eigenvalue weighted by atomic mass is 79.9. The first kappa shape index (κ1) is 25.3. The fraction of sp³-hybridized carbons (Fsp3) is 0.160. The molecule has 0 bridgehead atoms. The smallest absolute Gasteiger partial charge is 0.259 e. The van der Waals surface area contributed by atoms with Crippen molar-refractivity contribution >= 4 is 45.6 Å². The predicted octanol–water partition coefficient (Wildman–Crippen LogP) is 4.30. The lowest BCUT2D eigenvalue weighted by atomic mass is 10.2. The number of hydrogen-bond donors (Lipinski definition) is 2. The molecule has 1 aliphatic heterocycles. The van der Waals surface area contributed by atoms with Crippen molar-refractivity contribution in [3.8, 4) is 23.0 Å². The van der Waals surface area contributed by atoms with E-state index in [0.717, 1.165) is 5.56 Å². The fourth-order valence-electron chi connectivity index (χ4n) is 3.24. The van der Waals surface area contributed by atoms with Crippen LogP contribution in [0.3, 0.4) is 0 Å². The molecule has 1 aliphatic rings. The number of fused-ring (bicyclic) bond motifs is 1. The van der Waals surface area contributed by atoms with Crippen molar-refractivity contribution in [3.05, 3.63) is 80.8 Å². The summed E-state index contributed by atoms with van der Waals surface area (Å²) in [5.74, 6) is 1.12. The van der Waals surface area contributed by atoms with Gasteiger partial charge < -0.3 is 24.3 Å². The summed E-state index contributed by atoms with van der Waals surface area (Å²) in [6, 6.07) is 15.7.